The topological polar surface area (TPSA) is 101 Å². The van der Waals surface area contributed by atoms with Crippen LogP contribution in [-0.2, 0) is 19.4 Å². The molecule has 0 aliphatic carbocycles. The molecule has 2 N–H and O–H groups in total. The van der Waals surface area contributed by atoms with E-state index in [4.69, 9.17) is 5.11 Å². The molecule has 0 saturated carbocycles. The summed E-state index contributed by atoms with van der Waals surface area (Å²) in [5.74, 6) is -1.47. The van der Waals surface area contributed by atoms with Crippen molar-refractivity contribution in [3.05, 3.63) is 0 Å². The first-order chi connectivity index (χ1) is 7.37. The zero-order valence-corrected chi connectivity index (χ0v) is 10.6. The average Bonchev–Trinajstić information content (AvgIpc) is 2.17. The van der Waals surface area contributed by atoms with E-state index in [1.807, 2.05) is 0 Å². The maximum atomic E-state index is 11.1. The molecule has 0 bridgehead atoms. The molecular formula is C8H15NO5S2. The molecule has 0 saturated heterocycles. The second-order valence-corrected chi connectivity index (χ2v) is 6.43. The highest BCUT2D eigenvalue weighted by Crippen LogP contribution is 1.97. The molecule has 0 fully saturated rings. The van der Waals surface area contributed by atoms with E-state index in [9.17, 15) is 18.0 Å². The van der Waals surface area contributed by atoms with Crippen molar-refractivity contribution in [2.24, 2.45) is 0 Å². The number of carboxylic acids is 1. The molecule has 0 aliphatic heterocycles. The summed E-state index contributed by atoms with van der Waals surface area (Å²) >= 11 is 0.972. The Bertz CT molecular complexity index is 338. The molecular weight excluding hydrogens is 254 g/mol. The fraction of sp³-hybridized carbons (Fsp3) is 0.750. The minimum atomic E-state index is -3.06. The highest BCUT2D eigenvalue weighted by atomic mass is 32.2. The van der Waals surface area contributed by atoms with Crippen molar-refractivity contribution in [3.63, 3.8) is 0 Å². The van der Waals surface area contributed by atoms with Crippen LogP contribution in [0.2, 0.25) is 0 Å². The van der Waals surface area contributed by atoms with Gasteiger partial charge in [-0.2, -0.15) is 0 Å². The Labute approximate surface area is 98.7 Å². The number of carbonyl (C=O) groups excluding carboxylic acids is 1. The van der Waals surface area contributed by atoms with Crippen LogP contribution in [0.4, 0.5) is 0 Å². The van der Waals surface area contributed by atoms with Crippen molar-refractivity contribution in [1.82, 2.24) is 5.32 Å². The Kier molecular flexibility index (Phi) is 7.15. The first-order valence-electron chi connectivity index (χ1n) is 4.64. The van der Waals surface area contributed by atoms with Crippen LogP contribution >= 0.6 is 11.8 Å². The average molecular weight is 269 g/mol. The molecule has 6 nitrogen and oxygen atoms in total. The van der Waals surface area contributed by atoms with Gasteiger partial charge in [-0.15, -0.1) is 11.8 Å². The Hall–Kier alpha value is -0.760. The number of rotatable bonds is 8. The van der Waals surface area contributed by atoms with Crippen LogP contribution in [0, 0.1) is 0 Å². The smallest absolute Gasteiger partial charge is 0.313 e. The Balaban J connectivity index is 3.63. The van der Waals surface area contributed by atoms with Gasteiger partial charge >= 0.3 is 5.97 Å². The molecule has 0 heterocycles. The van der Waals surface area contributed by atoms with Crippen LogP contribution in [0.1, 0.15) is 6.92 Å². The van der Waals surface area contributed by atoms with E-state index >= 15 is 0 Å². The van der Waals surface area contributed by atoms with Crippen molar-refractivity contribution in [1.29, 1.82) is 0 Å². The van der Waals surface area contributed by atoms with Gasteiger partial charge in [-0.25, -0.2) is 8.42 Å². The van der Waals surface area contributed by atoms with Gasteiger partial charge in [-0.1, -0.05) is 6.92 Å². The number of hydrogen-bond donors (Lipinski definition) is 2. The summed E-state index contributed by atoms with van der Waals surface area (Å²) in [5.41, 5.74) is 0. The minimum Gasteiger partial charge on any atom is -0.481 e. The summed E-state index contributed by atoms with van der Waals surface area (Å²) in [5, 5.41) is 10.7. The summed E-state index contributed by atoms with van der Waals surface area (Å²) in [4.78, 5) is 21.2. The molecule has 8 heteroatoms. The van der Waals surface area contributed by atoms with E-state index in [1.54, 1.807) is 6.92 Å². The number of amides is 1. The molecule has 1 amide bonds. The number of hydrogen-bond acceptors (Lipinski definition) is 5. The molecule has 16 heavy (non-hydrogen) atoms. The van der Waals surface area contributed by atoms with Gasteiger partial charge in [0.2, 0.25) is 5.91 Å². The molecule has 0 aromatic rings. The summed E-state index contributed by atoms with van der Waals surface area (Å²) in [6.07, 6.45) is 0. The summed E-state index contributed by atoms with van der Waals surface area (Å²) < 4.78 is 22.1. The number of aliphatic carboxylic acids is 1. The lowest BCUT2D eigenvalue weighted by atomic mass is 10.6. The third kappa shape index (κ3) is 8.54. The second-order valence-electron chi connectivity index (χ2n) is 2.97. The van der Waals surface area contributed by atoms with E-state index in [1.165, 1.54) is 0 Å². The summed E-state index contributed by atoms with van der Waals surface area (Å²) in [6.45, 7) is 1.61. The Morgan fingerprint density at radius 2 is 1.94 bits per heavy atom. The molecule has 0 radical (unpaired) electrons. The zero-order valence-electron chi connectivity index (χ0n) is 8.93. The zero-order chi connectivity index (χ0) is 12.6. The molecule has 0 aliphatic rings. The van der Waals surface area contributed by atoms with Gasteiger partial charge in [0, 0.05) is 12.3 Å². The third-order valence-electron chi connectivity index (χ3n) is 1.63. The van der Waals surface area contributed by atoms with Gasteiger partial charge in [0.25, 0.3) is 0 Å². The highest BCUT2D eigenvalue weighted by Gasteiger charge is 2.08. The van der Waals surface area contributed by atoms with Gasteiger partial charge in [0.1, 0.15) is 0 Å². The fourth-order valence-electron chi connectivity index (χ4n) is 0.772. The molecule has 0 aromatic heterocycles. The van der Waals surface area contributed by atoms with Gasteiger partial charge in [0.05, 0.1) is 17.3 Å². The van der Waals surface area contributed by atoms with Gasteiger partial charge in [0.15, 0.2) is 9.84 Å². The van der Waals surface area contributed by atoms with Crippen LogP contribution in [0.15, 0.2) is 0 Å². The number of thioether (sulfide) groups is 1. The molecule has 94 valence electrons. The Morgan fingerprint density at radius 3 is 2.44 bits per heavy atom. The monoisotopic (exact) mass is 269 g/mol. The predicted molar refractivity (Wildman–Crippen MR) is 62.3 cm³/mol. The van der Waals surface area contributed by atoms with Crippen molar-refractivity contribution < 1.29 is 23.1 Å². The van der Waals surface area contributed by atoms with E-state index in [0.717, 1.165) is 11.8 Å². The van der Waals surface area contributed by atoms with Crippen LogP contribution in [-0.4, -0.2) is 55.0 Å². The normalized spacial score (nSPS) is 11.1. The van der Waals surface area contributed by atoms with E-state index in [-0.39, 0.29) is 35.5 Å². The fourth-order valence-corrected chi connectivity index (χ4v) is 2.04. The number of carbonyl (C=O) groups is 2. The quantitative estimate of drug-likeness (QED) is 0.607. The molecule has 0 atom stereocenters. The lowest BCUT2D eigenvalue weighted by Gasteiger charge is -2.04. The Morgan fingerprint density at radius 1 is 1.31 bits per heavy atom. The summed E-state index contributed by atoms with van der Waals surface area (Å²) in [7, 11) is -3.06. The molecule has 0 rings (SSSR count). The van der Waals surface area contributed by atoms with Crippen molar-refractivity contribution in [2.75, 3.05) is 29.6 Å². The first kappa shape index (κ1) is 15.2. The number of nitrogens with one attached hydrogen (secondary N) is 1. The van der Waals surface area contributed by atoms with Crippen LogP contribution in [0.5, 0.6) is 0 Å². The standard InChI is InChI=1S/C8H15NO5S2/c1-2-16(13,14)4-3-9-7(10)5-15-6-8(11)12/h2-6H2,1H3,(H,9,10)(H,11,12). The minimum absolute atomic E-state index is 0.0263. The van der Waals surface area contributed by atoms with E-state index in [0.29, 0.717) is 0 Å². The van der Waals surface area contributed by atoms with Crippen LogP contribution < -0.4 is 5.32 Å². The second kappa shape index (κ2) is 7.50. The lowest BCUT2D eigenvalue weighted by molar-refractivity contribution is -0.133. The first-order valence-corrected chi connectivity index (χ1v) is 7.61. The maximum Gasteiger partial charge on any atom is 0.313 e. The van der Waals surface area contributed by atoms with Crippen molar-refractivity contribution >= 4 is 33.5 Å². The SMILES string of the molecule is CCS(=O)(=O)CCNC(=O)CSCC(=O)O. The predicted octanol–water partition coefficient (Wildman–Crippen LogP) is -0.645. The highest BCUT2D eigenvalue weighted by molar-refractivity contribution is 8.00. The van der Waals surface area contributed by atoms with Crippen LogP contribution in [0.25, 0.3) is 0 Å². The van der Waals surface area contributed by atoms with Crippen molar-refractivity contribution in [2.45, 2.75) is 6.92 Å². The van der Waals surface area contributed by atoms with Gasteiger partial charge in [-0.05, 0) is 0 Å². The lowest BCUT2D eigenvalue weighted by Crippen LogP contribution is -2.31. The number of sulfone groups is 1. The van der Waals surface area contributed by atoms with E-state index in [2.05, 4.69) is 5.32 Å². The van der Waals surface area contributed by atoms with Gasteiger partial charge < -0.3 is 10.4 Å². The third-order valence-corrected chi connectivity index (χ3v) is 4.26. The molecule has 0 unspecified atom stereocenters. The van der Waals surface area contributed by atoms with Gasteiger partial charge in [-0.3, -0.25) is 9.59 Å². The maximum absolute atomic E-state index is 11.1. The van der Waals surface area contributed by atoms with Crippen LogP contribution in [0.3, 0.4) is 0 Å². The van der Waals surface area contributed by atoms with Crippen molar-refractivity contribution in [3.8, 4) is 0 Å². The number of carboxylic acid groups (broad SMARTS) is 1. The molecule has 0 aromatic carbocycles. The molecule has 0 spiro atoms. The summed E-state index contributed by atoms with van der Waals surface area (Å²) in [6, 6.07) is 0. The largest absolute Gasteiger partial charge is 0.481 e. The van der Waals surface area contributed by atoms with E-state index < -0.39 is 15.8 Å².